The predicted molar refractivity (Wildman–Crippen MR) is 81.2 cm³/mol. The molecular formula is C16H28O3. The van der Waals surface area contributed by atoms with Gasteiger partial charge < -0.3 is 10.2 Å². The lowest BCUT2D eigenvalue weighted by molar-refractivity contribution is -0.134. The van der Waals surface area contributed by atoms with Gasteiger partial charge in [-0.15, -0.1) is 0 Å². The maximum absolute atomic E-state index is 9.00. The number of aliphatic hydroxyl groups is 1. The topological polar surface area (TPSA) is 57.5 Å². The van der Waals surface area contributed by atoms with E-state index in [9.17, 15) is 0 Å². The van der Waals surface area contributed by atoms with Crippen LogP contribution < -0.4 is 0 Å². The normalized spacial score (nSPS) is 10.4. The van der Waals surface area contributed by atoms with Crippen LogP contribution in [0, 0.1) is 0 Å². The molecule has 0 aliphatic heterocycles. The van der Waals surface area contributed by atoms with Crippen LogP contribution in [0.3, 0.4) is 0 Å². The van der Waals surface area contributed by atoms with Crippen LogP contribution in [0.15, 0.2) is 37.0 Å². The van der Waals surface area contributed by atoms with Crippen LogP contribution in [0.4, 0.5) is 0 Å². The quantitative estimate of drug-likeness (QED) is 0.463. The summed E-state index contributed by atoms with van der Waals surface area (Å²) >= 11 is 0. The van der Waals surface area contributed by atoms with Crippen molar-refractivity contribution in [3.8, 4) is 0 Å². The van der Waals surface area contributed by atoms with Crippen LogP contribution in [0.2, 0.25) is 0 Å². The molecule has 0 fully saturated rings. The van der Waals surface area contributed by atoms with Gasteiger partial charge in [0.05, 0.1) is 0 Å². The van der Waals surface area contributed by atoms with Crippen molar-refractivity contribution in [2.45, 2.75) is 51.9 Å². The maximum Gasteiger partial charge on any atom is 0.300 e. The number of carboxylic acid groups (broad SMARTS) is 1. The van der Waals surface area contributed by atoms with E-state index in [2.05, 4.69) is 18.7 Å². The van der Waals surface area contributed by atoms with E-state index in [0.717, 1.165) is 13.3 Å². The fourth-order valence-electron chi connectivity index (χ4n) is 1.40. The third-order valence-electron chi connectivity index (χ3n) is 2.27. The van der Waals surface area contributed by atoms with Crippen molar-refractivity contribution in [1.29, 1.82) is 0 Å². The Morgan fingerprint density at radius 3 is 2.05 bits per heavy atom. The third-order valence-corrected chi connectivity index (χ3v) is 2.27. The van der Waals surface area contributed by atoms with Gasteiger partial charge in [-0.3, -0.25) is 4.79 Å². The highest BCUT2D eigenvalue weighted by atomic mass is 16.4. The van der Waals surface area contributed by atoms with E-state index < -0.39 is 5.97 Å². The third kappa shape index (κ3) is 31.5. The summed E-state index contributed by atoms with van der Waals surface area (Å²) in [6, 6.07) is 0. The maximum atomic E-state index is 9.00. The lowest BCUT2D eigenvalue weighted by atomic mass is 10.1. The number of allylic oxidation sites excluding steroid dienone is 5. The second-order valence-corrected chi connectivity index (χ2v) is 4.20. The van der Waals surface area contributed by atoms with Gasteiger partial charge in [-0.05, 0) is 19.3 Å². The fraction of sp³-hybridized carbons (Fsp3) is 0.562. The van der Waals surface area contributed by atoms with E-state index in [1.54, 1.807) is 6.08 Å². The molecule has 0 bridgehead atoms. The number of aliphatic hydroxyl groups excluding tert-OH is 1. The summed E-state index contributed by atoms with van der Waals surface area (Å²) in [5, 5.41) is 16.0. The second kappa shape index (κ2) is 19.0. The van der Waals surface area contributed by atoms with Gasteiger partial charge in [0, 0.05) is 13.5 Å². The molecule has 0 heterocycles. The van der Waals surface area contributed by atoms with Crippen molar-refractivity contribution >= 4 is 5.97 Å². The highest BCUT2D eigenvalue weighted by Crippen LogP contribution is 2.07. The van der Waals surface area contributed by atoms with Gasteiger partial charge in [0.25, 0.3) is 5.97 Å². The van der Waals surface area contributed by atoms with Crippen molar-refractivity contribution in [3.05, 3.63) is 37.0 Å². The van der Waals surface area contributed by atoms with Gasteiger partial charge >= 0.3 is 0 Å². The molecule has 2 N–H and O–H groups in total. The average molecular weight is 268 g/mol. The van der Waals surface area contributed by atoms with Crippen LogP contribution in [-0.2, 0) is 4.79 Å². The molecule has 0 saturated heterocycles. The number of carboxylic acids is 1. The van der Waals surface area contributed by atoms with Gasteiger partial charge in [-0.1, -0.05) is 62.6 Å². The standard InChI is InChI=1S/C14H24O.C2H4O2/c1-2-3-4-5-6-7-8-9-10-11-12-13-14-15;1-2(3)4/h2-6,15H,1,7-14H2;1H3,(H,3,4). The number of hydrogen-bond donors (Lipinski definition) is 2. The molecule has 3 nitrogen and oxygen atoms in total. The Bertz CT molecular complexity index is 251. The first kappa shape index (κ1) is 20.0. The van der Waals surface area contributed by atoms with Crippen molar-refractivity contribution < 1.29 is 15.0 Å². The summed E-state index contributed by atoms with van der Waals surface area (Å²) in [6.07, 6.45) is 18.5. The van der Waals surface area contributed by atoms with E-state index in [-0.39, 0.29) is 0 Å². The van der Waals surface area contributed by atoms with Crippen LogP contribution in [0.25, 0.3) is 0 Å². The molecule has 0 radical (unpaired) electrons. The van der Waals surface area contributed by atoms with Crippen molar-refractivity contribution in [2.24, 2.45) is 0 Å². The Morgan fingerprint density at radius 1 is 1.00 bits per heavy atom. The fourth-order valence-corrected chi connectivity index (χ4v) is 1.40. The van der Waals surface area contributed by atoms with Gasteiger partial charge in [-0.25, -0.2) is 0 Å². The van der Waals surface area contributed by atoms with Gasteiger partial charge in [0.1, 0.15) is 0 Å². The molecule has 0 unspecified atom stereocenters. The monoisotopic (exact) mass is 268 g/mol. The molecule has 0 aromatic carbocycles. The van der Waals surface area contributed by atoms with Crippen molar-refractivity contribution in [2.75, 3.05) is 6.61 Å². The predicted octanol–water partition coefficient (Wildman–Crippen LogP) is 4.10. The molecule has 0 aliphatic rings. The highest BCUT2D eigenvalue weighted by Gasteiger charge is 1.89. The van der Waals surface area contributed by atoms with E-state index in [1.165, 1.54) is 38.5 Å². The molecule has 3 heteroatoms. The zero-order valence-corrected chi connectivity index (χ0v) is 12.1. The van der Waals surface area contributed by atoms with Crippen molar-refractivity contribution in [1.82, 2.24) is 0 Å². The first-order chi connectivity index (χ1) is 9.15. The minimum atomic E-state index is -0.833. The molecule has 0 aromatic rings. The average Bonchev–Trinajstić information content (AvgIpc) is 2.35. The summed E-state index contributed by atoms with van der Waals surface area (Å²) < 4.78 is 0. The smallest absolute Gasteiger partial charge is 0.300 e. The lowest BCUT2D eigenvalue weighted by Gasteiger charge is -1.98. The first-order valence-electron chi connectivity index (χ1n) is 6.89. The molecule has 0 rings (SSSR count). The van der Waals surface area contributed by atoms with Gasteiger partial charge in [-0.2, -0.15) is 0 Å². The highest BCUT2D eigenvalue weighted by molar-refractivity contribution is 5.62. The molecule has 0 spiro atoms. The molecule has 0 atom stereocenters. The van der Waals surface area contributed by atoms with E-state index >= 15 is 0 Å². The summed E-state index contributed by atoms with van der Waals surface area (Å²) in [5.41, 5.74) is 0. The Kier molecular flexibility index (Phi) is 20.0. The molecule has 19 heavy (non-hydrogen) atoms. The van der Waals surface area contributed by atoms with E-state index in [0.29, 0.717) is 6.61 Å². The molecule has 110 valence electrons. The number of carbonyl (C=O) groups is 1. The summed E-state index contributed by atoms with van der Waals surface area (Å²) in [6.45, 7) is 5.03. The Hall–Kier alpha value is -1.35. The zero-order valence-electron chi connectivity index (χ0n) is 12.1. The number of aliphatic carboxylic acids is 1. The lowest BCUT2D eigenvalue weighted by Crippen LogP contribution is -1.83. The number of unbranched alkanes of at least 4 members (excludes halogenated alkanes) is 6. The minimum absolute atomic E-state index is 0.346. The van der Waals surface area contributed by atoms with Crippen molar-refractivity contribution in [3.63, 3.8) is 0 Å². The molecule has 0 saturated carbocycles. The van der Waals surface area contributed by atoms with Crippen LogP contribution in [0.1, 0.15) is 51.9 Å². The Morgan fingerprint density at radius 2 is 1.53 bits per heavy atom. The van der Waals surface area contributed by atoms with E-state index in [4.69, 9.17) is 15.0 Å². The summed E-state index contributed by atoms with van der Waals surface area (Å²) in [5.74, 6) is -0.833. The summed E-state index contributed by atoms with van der Waals surface area (Å²) in [4.78, 5) is 9.00. The number of hydrogen-bond acceptors (Lipinski definition) is 2. The summed E-state index contributed by atoms with van der Waals surface area (Å²) in [7, 11) is 0. The number of rotatable bonds is 10. The molecule has 0 aromatic heterocycles. The zero-order chi connectivity index (χ0) is 14.8. The Balaban J connectivity index is 0. The van der Waals surface area contributed by atoms with Gasteiger partial charge in [0.15, 0.2) is 0 Å². The largest absolute Gasteiger partial charge is 0.481 e. The molecule has 0 aliphatic carbocycles. The SMILES string of the molecule is C=CC=CC=CCCCCCCCCO.CC(=O)O. The van der Waals surface area contributed by atoms with Gasteiger partial charge in [0.2, 0.25) is 0 Å². The Labute approximate surface area is 117 Å². The minimum Gasteiger partial charge on any atom is -0.481 e. The van der Waals surface area contributed by atoms with Crippen LogP contribution in [0.5, 0.6) is 0 Å². The van der Waals surface area contributed by atoms with Crippen LogP contribution >= 0.6 is 0 Å². The molecule has 0 amide bonds. The van der Waals surface area contributed by atoms with E-state index in [1.807, 2.05) is 12.2 Å². The molecular weight excluding hydrogens is 240 g/mol. The second-order valence-electron chi connectivity index (χ2n) is 4.20. The van der Waals surface area contributed by atoms with Crippen LogP contribution in [-0.4, -0.2) is 22.8 Å². The first-order valence-corrected chi connectivity index (χ1v) is 6.89.